The minimum Gasteiger partial charge on any atom is -0.497 e. The molecular formula is C16H13ClN2O2. The molecule has 1 aliphatic rings. The molecule has 0 radical (unpaired) electrons. The third kappa shape index (κ3) is 2.62. The van der Waals surface area contributed by atoms with E-state index in [4.69, 9.17) is 16.3 Å². The van der Waals surface area contributed by atoms with Gasteiger partial charge in [-0.05, 0) is 23.8 Å². The SMILES string of the molecule is COc1ccc(CN=C2C(=O)Nc3c(Cl)cccc32)cc1. The van der Waals surface area contributed by atoms with Crippen molar-refractivity contribution in [2.45, 2.75) is 6.54 Å². The minimum absolute atomic E-state index is 0.216. The van der Waals surface area contributed by atoms with E-state index in [1.165, 1.54) is 0 Å². The van der Waals surface area contributed by atoms with E-state index in [0.717, 1.165) is 16.9 Å². The molecule has 0 aliphatic carbocycles. The van der Waals surface area contributed by atoms with E-state index in [9.17, 15) is 4.79 Å². The number of anilines is 1. The predicted octanol–water partition coefficient (Wildman–Crippen LogP) is 3.29. The van der Waals surface area contributed by atoms with Crippen molar-refractivity contribution in [2.75, 3.05) is 12.4 Å². The minimum atomic E-state index is -0.216. The van der Waals surface area contributed by atoms with Crippen molar-refractivity contribution >= 4 is 28.9 Å². The van der Waals surface area contributed by atoms with Crippen LogP contribution >= 0.6 is 11.6 Å². The molecule has 0 spiro atoms. The van der Waals surface area contributed by atoms with Gasteiger partial charge in [-0.1, -0.05) is 35.9 Å². The molecule has 21 heavy (non-hydrogen) atoms. The first kappa shape index (κ1) is 13.6. The molecule has 1 amide bonds. The summed E-state index contributed by atoms with van der Waals surface area (Å²) < 4.78 is 5.11. The number of rotatable bonds is 3. The number of halogens is 1. The van der Waals surface area contributed by atoms with Crippen LogP contribution in [0.1, 0.15) is 11.1 Å². The number of ether oxygens (including phenoxy) is 1. The highest BCUT2D eigenvalue weighted by Crippen LogP contribution is 2.31. The summed E-state index contributed by atoms with van der Waals surface area (Å²) in [6, 6.07) is 13.0. The number of aliphatic imine (C=N–C) groups is 1. The molecule has 0 aromatic heterocycles. The number of fused-ring (bicyclic) bond motifs is 1. The van der Waals surface area contributed by atoms with Gasteiger partial charge in [-0.25, -0.2) is 0 Å². The molecule has 0 saturated heterocycles. The molecule has 3 rings (SSSR count). The zero-order valence-corrected chi connectivity index (χ0v) is 12.1. The van der Waals surface area contributed by atoms with E-state index in [-0.39, 0.29) is 5.91 Å². The second-order valence-corrected chi connectivity index (χ2v) is 5.04. The topological polar surface area (TPSA) is 50.7 Å². The summed E-state index contributed by atoms with van der Waals surface area (Å²) in [5, 5.41) is 3.27. The monoisotopic (exact) mass is 300 g/mol. The van der Waals surface area contributed by atoms with Crippen molar-refractivity contribution in [1.82, 2.24) is 0 Å². The largest absolute Gasteiger partial charge is 0.497 e. The van der Waals surface area contributed by atoms with Gasteiger partial charge in [0.05, 0.1) is 24.4 Å². The van der Waals surface area contributed by atoms with Crippen LogP contribution in [0.4, 0.5) is 5.69 Å². The number of hydrogen-bond donors (Lipinski definition) is 1. The first-order valence-electron chi connectivity index (χ1n) is 6.46. The Morgan fingerprint density at radius 1 is 1.19 bits per heavy atom. The number of hydrogen-bond acceptors (Lipinski definition) is 3. The van der Waals surface area contributed by atoms with Crippen molar-refractivity contribution in [1.29, 1.82) is 0 Å². The quantitative estimate of drug-likeness (QED) is 0.945. The zero-order chi connectivity index (χ0) is 14.8. The van der Waals surface area contributed by atoms with Gasteiger partial charge < -0.3 is 10.1 Å². The lowest BCUT2D eigenvalue weighted by Gasteiger charge is -2.02. The molecule has 0 unspecified atom stereocenters. The Morgan fingerprint density at radius 3 is 2.67 bits per heavy atom. The van der Waals surface area contributed by atoms with Gasteiger partial charge in [-0.3, -0.25) is 9.79 Å². The van der Waals surface area contributed by atoms with Crippen molar-refractivity contribution < 1.29 is 9.53 Å². The molecule has 0 bridgehead atoms. The highest BCUT2D eigenvalue weighted by atomic mass is 35.5. The highest BCUT2D eigenvalue weighted by Gasteiger charge is 2.27. The summed E-state index contributed by atoms with van der Waals surface area (Å²) in [5.41, 5.74) is 2.81. The summed E-state index contributed by atoms with van der Waals surface area (Å²) in [6.07, 6.45) is 0. The molecule has 1 aliphatic heterocycles. The molecule has 5 heteroatoms. The van der Waals surface area contributed by atoms with Gasteiger partial charge in [0.15, 0.2) is 0 Å². The number of para-hydroxylation sites is 1. The zero-order valence-electron chi connectivity index (χ0n) is 11.4. The molecule has 0 saturated carbocycles. The van der Waals surface area contributed by atoms with Gasteiger partial charge in [0.2, 0.25) is 0 Å². The summed E-state index contributed by atoms with van der Waals surface area (Å²) in [5.74, 6) is 0.578. The van der Waals surface area contributed by atoms with Crippen LogP contribution < -0.4 is 10.1 Å². The standard InChI is InChI=1S/C16H13ClN2O2/c1-21-11-7-5-10(6-8-11)9-18-15-12-3-2-4-13(17)14(12)19-16(15)20/h2-8H,9H2,1H3,(H,18,19,20). The summed E-state index contributed by atoms with van der Waals surface area (Å²) in [7, 11) is 1.62. The van der Waals surface area contributed by atoms with E-state index >= 15 is 0 Å². The maximum Gasteiger partial charge on any atom is 0.274 e. The fourth-order valence-corrected chi connectivity index (χ4v) is 2.42. The smallest absolute Gasteiger partial charge is 0.274 e. The van der Waals surface area contributed by atoms with Gasteiger partial charge in [0.25, 0.3) is 5.91 Å². The second kappa shape index (κ2) is 5.58. The molecule has 106 valence electrons. The molecule has 4 nitrogen and oxygen atoms in total. The second-order valence-electron chi connectivity index (χ2n) is 4.63. The summed E-state index contributed by atoms with van der Waals surface area (Å²) >= 11 is 6.07. The molecule has 0 atom stereocenters. The van der Waals surface area contributed by atoms with Crippen LogP contribution in [-0.4, -0.2) is 18.7 Å². The molecule has 2 aromatic carbocycles. The maximum absolute atomic E-state index is 12.0. The van der Waals surface area contributed by atoms with Crippen LogP contribution in [0.5, 0.6) is 5.75 Å². The third-order valence-electron chi connectivity index (χ3n) is 3.30. The van der Waals surface area contributed by atoms with Crippen LogP contribution in [0.15, 0.2) is 47.5 Å². The van der Waals surface area contributed by atoms with Gasteiger partial charge >= 0.3 is 0 Å². The van der Waals surface area contributed by atoms with Crippen LogP contribution in [0.2, 0.25) is 5.02 Å². The number of nitrogens with zero attached hydrogens (tertiary/aromatic N) is 1. The molecule has 1 N–H and O–H groups in total. The van der Waals surface area contributed by atoms with E-state index < -0.39 is 0 Å². The third-order valence-corrected chi connectivity index (χ3v) is 3.62. The average Bonchev–Trinajstić information content (AvgIpc) is 2.83. The van der Waals surface area contributed by atoms with Gasteiger partial charge in [0.1, 0.15) is 11.5 Å². The van der Waals surface area contributed by atoms with Gasteiger partial charge in [-0.15, -0.1) is 0 Å². The van der Waals surface area contributed by atoms with Crippen LogP contribution in [0, 0.1) is 0 Å². The Kier molecular flexibility index (Phi) is 3.62. The van der Waals surface area contributed by atoms with E-state index in [1.54, 1.807) is 13.2 Å². The van der Waals surface area contributed by atoms with Crippen LogP contribution in [0.3, 0.4) is 0 Å². The molecule has 0 fully saturated rings. The molecule has 1 heterocycles. The highest BCUT2D eigenvalue weighted by molar-refractivity contribution is 6.55. The average molecular weight is 301 g/mol. The summed E-state index contributed by atoms with van der Waals surface area (Å²) in [6.45, 7) is 0.429. The Bertz CT molecular complexity index is 724. The molecular weight excluding hydrogens is 288 g/mol. The van der Waals surface area contributed by atoms with E-state index in [1.807, 2.05) is 36.4 Å². The number of amides is 1. The Hall–Kier alpha value is -2.33. The van der Waals surface area contributed by atoms with Crippen molar-refractivity contribution in [2.24, 2.45) is 4.99 Å². The fourth-order valence-electron chi connectivity index (χ4n) is 2.20. The summed E-state index contributed by atoms with van der Waals surface area (Å²) in [4.78, 5) is 16.4. The number of carbonyl (C=O) groups is 1. The van der Waals surface area contributed by atoms with Crippen molar-refractivity contribution in [3.05, 3.63) is 58.6 Å². The van der Waals surface area contributed by atoms with E-state index in [0.29, 0.717) is 23.0 Å². The Labute approximate surface area is 127 Å². The number of methoxy groups -OCH3 is 1. The Morgan fingerprint density at radius 2 is 1.95 bits per heavy atom. The lowest BCUT2D eigenvalue weighted by atomic mass is 10.1. The predicted molar refractivity (Wildman–Crippen MR) is 83.3 cm³/mol. The number of carbonyl (C=O) groups excluding carboxylic acids is 1. The lowest BCUT2D eigenvalue weighted by molar-refractivity contribution is -0.110. The first-order chi connectivity index (χ1) is 10.2. The Balaban J connectivity index is 1.87. The fraction of sp³-hybridized carbons (Fsp3) is 0.125. The number of nitrogens with one attached hydrogen (secondary N) is 1. The molecule has 2 aromatic rings. The van der Waals surface area contributed by atoms with E-state index in [2.05, 4.69) is 10.3 Å². The van der Waals surface area contributed by atoms with Gasteiger partial charge in [0, 0.05) is 5.56 Å². The maximum atomic E-state index is 12.0. The van der Waals surface area contributed by atoms with Crippen molar-refractivity contribution in [3.63, 3.8) is 0 Å². The lowest BCUT2D eigenvalue weighted by Crippen LogP contribution is -2.14. The first-order valence-corrected chi connectivity index (χ1v) is 6.84. The van der Waals surface area contributed by atoms with Crippen LogP contribution in [-0.2, 0) is 11.3 Å². The normalized spacial score (nSPS) is 15.0. The number of benzene rings is 2. The van der Waals surface area contributed by atoms with Crippen molar-refractivity contribution in [3.8, 4) is 5.75 Å². The van der Waals surface area contributed by atoms with Gasteiger partial charge in [-0.2, -0.15) is 0 Å². The van der Waals surface area contributed by atoms with Crippen LogP contribution in [0.25, 0.3) is 0 Å².